The number of aromatic nitrogens is 1. The topological polar surface area (TPSA) is 57.7 Å². The van der Waals surface area contributed by atoms with Crippen molar-refractivity contribution in [2.24, 2.45) is 0 Å². The van der Waals surface area contributed by atoms with Crippen molar-refractivity contribution < 1.29 is 9.53 Å². The highest BCUT2D eigenvalue weighted by Crippen LogP contribution is 2.27. The SMILES string of the molecule is CCN1CCN(c2ccccc2NC(=O)c2cccc(OCc3csc(C)n3)c2)CC1. The number of piperazine rings is 1. The molecule has 4 rings (SSSR count). The van der Waals surface area contributed by atoms with Gasteiger partial charge in [0.15, 0.2) is 0 Å². The summed E-state index contributed by atoms with van der Waals surface area (Å²) in [5, 5.41) is 6.10. The minimum atomic E-state index is -0.144. The average molecular weight is 437 g/mol. The van der Waals surface area contributed by atoms with Crippen LogP contribution in [0.2, 0.25) is 0 Å². The van der Waals surface area contributed by atoms with Crippen molar-refractivity contribution in [3.63, 3.8) is 0 Å². The number of anilines is 2. The summed E-state index contributed by atoms with van der Waals surface area (Å²) >= 11 is 1.60. The van der Waals surface area contributed by atoms with Crippen molar-refractivity contribution in [1.82, 2.24) is 9.88 Å². The number of carbonyl (C=O) groups excluding carboxylic acids is 1. The number of rotatable bonds is 7. The van der Waals surface area contributed by atoms with E-state index in [9.17, 15) is 4.79 Å². The van der Waals surface area contributed by atoms with Gasteiger partial charge in [-0.2, -0.15) is 0 Å². The maximum absolute atomic E-state index is 13.0. The van der Waals surface area contributed by atoms with Crippen LogP contribution in [0.25, 0.3) is 0 Å². The molecular weight excluding hydrogens is 408 g/mol. The highest BCUT2D eigenvalue weighted by Gasteiger charge is 2.19. The van der Waals surface area contributed by atoms with Crippen LogP contribution in [0.1, 0.15) is 28.0 Å². The lowest BCUT2D eigenvalue weighted by Gasteiger charge is -2.36. The maximum atomic E-state index is 13.0. The van der Waals surface area contributed by atoms with Crippen molar-refractivity contribution in [1.29, 1.82) is 0 Å². The lowest BCUT2D eigenvalue weighted by atomic mass is 10.1. The van der Waals surface area contributed by atoms with E-state index in [0.29, 0.717) is 17.9 Å². The molecule has 6 nitrogen and oxygen atoms in total. The van der Waals surface area contributed by atoms with Gasteiger partial charge in [-0.3, -0.25) is 4.79 Å². The Morgan fingerprint density at radius 3 is 2.68 bits per heavy atom. The number of likely N-dealkylation sites (N-methyl/N-ethyl adjacent to an activating group) is 1. The van der Waals surface area contributed by atoms with Gasteiger partial charge in [-0.1, -0.05) is 25.1 Å². The summed E-state index contributed by atoms with van der Waals surface area (Å²) in [6, 6.07) is 15.3. The van der Waals surface area contributed by atoms with Gasteiger partial charge >= 0.3 is 0 Å². The number of thiazole rings is 1. The zero-order valence-corrected chi connectivity index (χ0v) is 18.8. The van der Waals surface area contributed by atoms with Crippen molar-refractivity contribution in [2.75, 3.05) is 42.9 Å². The summed E-state index contributed by atoms with van der Waals surface area (Å²) in [5.41, 5.74) is 3.37. The summed E-state index contributed by atoms with van der Waals surface area (Å²) < 4.78 is 5.84. The molecule has 0 aliphatic carbocycles. The number of carbonyl (C=O) groups is 1. The Hall–Kier alpha value is -2.90. The smallest absolute Gasteiger partial charge is 0.255 e. The summed E-state index contributed by atoms with van der Waals surface area (Å²) in [6.45, 7) is 9.63. The van der Waals surface area contributed by atoms with Gasteiger partial charge in [-0.15, -0.1) is 11.3 Å². The number of nitrogens with one attached hydrogen (secondary N) is 1. The Bertz CT molecular complexity index is 1030. The summed E-state index contributed by atoms with van der Waals surface area (Å²) in [5.74, 6) is 0.511. The van der Waals surface area contributed by atoms with Crippen LogP contribution in [0.5, 0.6) is 5.75 Å². The van der Waals surface area contributed by atoms with E-state index in [0.717, 1.165) is 54.8 Å². The zero-order valence-electron chi connectivity index (χ0n) is 18.0. The molecule has 162 valence electrons. The van der Waals surface area contributed by atoms with Gasteiger partial charge in [-0.25, -0.2) is 4.98 Å². The number of hydrogen-bond donors (Lipinski definition) is 1. The third-order valence-electron chi connectivity index (χ3n) is 5.46. The first-order valence-corrected chi connectivity index (χ1v) is 11.5. The predicted octanol–water partition coefficient (Wildman–Crippen LogP) is 4.42. The number of para-hydroxylation sites is 2. The molecule has 1 saturated heterocycles. The quantitative estimate of drug-likeness (QED) is 0.594. The summed E-state index contributed by atoms with van der Waals surface area (Å²) in [4.78, 5) is 22.2. The van der Waals surface area contributed by atoms with Crippen LogP contribution >= 0.6 is 11.3 Å². The standard InChI is InChI=1S/C24H28N4O2S/c1-3-27-11-13-28(14-12-27)23-10-5-4-9-22(23)26-24(29)19-7-6-8-21(15-19)30-16-20-17-31-18(2)25-20/h4-10,15,17H,3,11-14,16H2,1-2H3,(H,26,29). The molecule has 0 saturated carbocycles. The fourth-order valence-electron chi connectivity index (χ4n) is 3.71. The lowest BCUT2D eigenvalue weighted by molar-refractivity contribution is 0.102. The molecular formula is C24H28N4O2S. The molecule has 1 N–H and O–H groups in total. The molecule has 1 aromatic heterocycles. The van der Waals surface area contributed by atoms with E-state index in [2.05, 4.69) is 33.1 Å². The highest BCUT2D eigenvalue weighted by molar-refractivity contribution is 7.09. The zero-order chi connectivity index (χ0) is 21.6. The van der Waals surface area contributed by atoms with Gasteiger partial charge < -0.3 is 19.9 Å². The average Bonchev–Trinajstić information content (AvgIpc) is 3.23. The molecule has 1 amide bonds. The van der Waals surface area contributed by atoms with Crippen molar-refractivity contribution in [3.8, 4) is 5.75 Å². The molecule has 0 unspecified atom stereocenters. The monoisotopic (exact) mass is 436 g/mol. The molecule has 7 heteroatoms. The lowest BCUT2D eigenvalue weighted by Crippen LogP contribution is -2.46. The Morgan fingerprint density at radius 2 is 1.94 bits per heavy atom. The molecule has 1 aliphatic rings. The van der Waals surface area contributed by atoms with Crippen molar-refractivity contribution >= 4 is 28.6 Å². The number of benzene rings is 2. The van der Waals surface area contributed by atoms with Crippen molar-refractivity contribution in [2.45, 2.75) is 20.5 Å². The van der Waals surface area contributed by atoms with Gasteiger partial charge in [-0.05, 0) is 43.8 Å². The maximum Gasteiger partial charge on any atom is 0.255 e. The summed E-state index contributed by atoms with van der Waals surface area (Å²) in [7, 11) is 0. The predicted molar refractivity (Wildman–Crippen MR) is 126 cm³/mol. The van der Waals surface area contributed by atoms with Crippen LogP contribution in [0.3, 0.4) is 0 Å². The fraction of sp³-hybridized carbons (Fsp3) is 0.333. The molecule has 1 fully saturated rings. The second-order valence-corrected chi connectivity index (χ2v) is 8.63. The van der Waals surface area contributed by atoms with E-state index < -0.39 is 0 Å². The molecule has 0 atom stereocenters. The van der Waals surface area contributed by atoms with Gasteiger partial charge in [0.25, 0.3) is 5.91 Å². The van der Waals surface area contributed by atoms with E-state index in [1.807, 2.05) is 42.6 Å². The minimum Gasteiger partial charge on any atom is -0.487 e. The van der Waals surface area contributed by atoms with Crippen LogP contribution < -0.4 is 15.0 Å². The van der Waals surface area contributed by atoms with Crippen LogP contribution in [0.15, 0.2) is 53.9 Å². The van der Waals surface area contributed by atoms with E-state index in [1.54, 1.807) is 23.5 Å². The molecule has 0 spiro atoms. The second-order valence-electron chi connectivity index (χ2n) is 7.57. The van der Waals surface area contributed by atoms with Crippen LogP contribution in [-0.4, -0.2) is 48.5 Å². The minimum absolute atomic E-state index is 0.144. The first kappa shape index (κ1) is 21.3. The highest BCUT2D eigenvalue weighted by atomic mass is 32.1. The number of hydrogen-bond acceptors (Lipinski definition) is 6. The fourth-order valence-corrected chi connectivity index (χ4v) is 4.31. The van der Waals surface area contributed by atoms with Gasteiger partial charge in [0, 0.05) is 37.1 Å². The molecule has 0 bridgehead atoms. The number of ether oxygens (including phenoxy) is 1. The summed E-state index contributed by atoms with van der Waals surface area (Å²) in [6.07, 6.45) is 0. The second kappa shape index (κ2) is 9.94. The van der Waals surface area contributed by atoms with Gasteiger partial charge in [0.05, 0.1) is 22.1 Å². The molecule has 1 aliphatic heterocycles. The third kappa shape index (κ3) is 5.42. The van der Waals surface area contributed by atoms with Crippen molar-refractivity contribution in [3.05, 3.63) is 70.2 Å². The molecule has 3 aromatic rings. The van der Waals surface area contributed by atoms with Crippen LogP contribution in [0.4, 0.5) is 11.4 Å². The number of amides is 1. The van der Waals surface area contributed by atoms with E-state index in [1.165, 1.54) is 0 Å². The molecule has 0 radical (unpaired) electrons. The first-order chi connectivity index (χ1) is 15.1. The third-order valence-corrected chi connectivity index (χ3v) is 6.28. The molecule has 31 heavy (non-hydrogen) atoms. The Balaban J connectivity index is 1.43. The van der Waals surface area contributed by atoms with Gasteiger partial charge in [0.1, 0.15) is 12.4 Å². The largest absolute Gasteiger partial charge is 0.487 e. The number of aryl methyl sites for hydroxylation is 1. The molecule has 2 heterocycles. The number of nitrogens with zero attached hydrogens (tertiary/aromatic N) is 3. The van der Waals surface area contributed by atoms with E-state index in [-0.39, 0.29) is 5.91 Å². The molecule has 2 aromatic carbocycles. The first-order valence-electron chi connectivity index (χ1n) is 10.6. The normalized spacial score (nSPS) is 14.5. The van der Waals surface area contributed by atoms with Gasteiger partial charge in [0.2, 0.25) is 0 Å². The van der Waals surface area contributed by atoms with Crippen LogP contribution in [0, 0.1) is 6.92 Å². The Morgan fingerprint density at radius 1 is 1.13 bits per heavy atom. The van der Waals surface area contributed by atoms with E-state index >= 15 is 0 Å². The van der Waals surface area contributed by atoms with Crippen LogP contribution in [-0.2, 0) is 6.61 Å². The Kier molecular flexibility index (Phi) is 6.84. The van der Waals surface area contributed by atoms with E-state index in [4.69, 9.17) is 4.74 Å². The Labute approximate surface area is 187 Å².